The second kappa shape index (κ2) is 3.86. The van der Waals surface area contributed by atoms with Gasteiger partial charge in [0, 0.05) is 22.7 Å². The predicted octanol–water partition coefficient (Wildman–Crippen LogP) is 3.01. The first-order valence-electron chi connectivity index (χ1n) is 4.71. The average Bonchev–Trinajstić information content (AvgIpc) is 2.53. The molecular weight excluding hydrogens is 273 g/mol. The van der Waals surface area contributed by atoms with Crippen molar-refractivity contribution in [1.29, 1.82) is 0 Å². The average molecular weight is 287 g/mol. The largest absolute Gasteiger partial charge is 0.370 e. The molecule has 1 saturated heterocycles. The second-order valence-corrected chi connectivity index (χ2v) is 5.43. The van der Waals surface area contributed by atoms with Crippen LogP contribution in [0.4, 0.5) is 5.69 Å². The summed E-state index contributed by atoms with van der Waals surface area (Å²) in [5.41, 5.74) is 2.72. The van der Waals surface area contributed by atoms with Crippen LogP contribution in [0, 0.1) is 6.92 Å². The van der Waals surface area contributed by atoms with Crippen LogP contribution in [0.3, 0.4) is 0 Å². The van der Waals surface area contributed by atoms with Gasteiger partial charge in [-0.05, 0) is 25.5 Å². The predicted molar refractivity (Wildman–Crippen MR) is 65.8 cm³/mol. The quantitative estimate of drug-likeness (QED) is 0.567. The molecule has 2 heteroatoms. The molecule has 70 valence electrons. The van der Waals surface area contributed by atoms with Gasteiger partial charge in [-0.3, -0.25) is 0 Å². The van der Waals surface area contributed by atoms with E-state index in [0.29, 0.717) is 0 Å². The second-order valence-electron chi connectivity index (χ2n) is 3.67. The molecule has 1 fully saturated rings. The standard InChI is InChI=1S/C11H14IN/c1-9-2-4-11(5-3-9)13-7-6-10(12)8-13/h2-5,10H,6-8H2,1H3. The van der Waals surface area contributed by atoms with E-state index in [2.05, 4.69) is 58.7 Å². The summed E-state index contributed by atoms with van der Waals surface area (Å²) in [4.78, 5) is 2.47. The monoisotopic (exact) mass is 287 g/mol. The van der Waals surface area contributed by atoms with Gasteiger partial charge in [-0.1, -0.05) is 40.3 Å². The molecule has 13 heavy (non-hydrogen) atoms. The van der Waals surface area contributed by atoms with Gasteiger partial charge in [-0.15, -0.1) is 0 Å². The number of halogens is 1. The van der Waals surface area contributed by atoms with Crippen molar-refractivity contribution in [2.45, 2.75) is 17.3 Å². The Kier molecular flexibility index (Phi) is 2.77. The fraction of sp³-hybridized carbons (Fsp3) is 0.455. The molecule has 0 N–H and O–H groups in total. The van der Waals surface area contributed by atoms with Crippen molar-refractivity contribution >= 4 is 28.3 Å². The molecule has 1 heterocycles. The maximum absolute atomic E-state index is 2.54. The van der Waals surface area contributed by atoms with E-state index in [1.165, 1.54) is 30.8 Å². The third kappa shape index (κ3) is 2.16. The molecule has 1 atom stereocenters. The van der Waals surface area contributed by atoms with Gasteiger partial charge in [0.2, 0.25) is 0 Å². The van der Waals surface area contributed by atoms with Crippen LogP contribution in [-0.4, -0.2) is 17.0 Å². The van der Waals surface area contributed by atoms with Crippen molar-refractivity contribution in [2.24, 2.45) is 0 Å². The highest BCUT2D eigenvalue weighted by atomic mass is 127. The number of aryl methyl sites for hydroxylation is 1. The number of alkyl halides is 1. The first kappa shape index (κ1) is 9.31. The van der Waals surface area contributed by atoms with Gasteiger partial charge in [0.05, 0.1) is 0 Å². The normalized spacial score (nSPS) is 22.3. The summed E-state index contributed by atoms with van der Waals surface area (Å²) in [6.07, 6.45) is 1.33. The summed E-state index contributed by atoms with van der Waals surface area (Å²) in [7, 11) is 0. The van der Waals surface area contributed by atoms with Crippen molar-refractivity contribution in [2.75, 3.05) is 18.0 Å². The fourth-order valence-corrected chi connectivity index (χ4v) is 2.46. The Morgan fingerprint density at radius 3 is 2.54 bits per heavy atom. The minimum Gasteiger partial charge on any atom is -0.370 e. The Bertz CT molecular complexity index is 281. The Labute approximate surface area is 93.3 Å². The van der Waals surface area contributed by atoms with Crippen molar-refractivity contribution in [3.63, 3.8) is 0 Å². The van der Waals surface area contributed by atoms with Gasteiger partial charge in [0.25, 0.3) is 0 Å². The molecule has 0 saturated carbocycles. The summed E-state index contributed by atoms with van der Waals surface area (Å²) in [5.74, 6) is 0. The maximum Gasteiger partial charge on any atom is 0.0366 e. The number of anilines is 1. The van der Waals surface area contributed by atoms with Crippen LogP contribution in [0.2, 0.25) is 0 Å². The first-order chi connectivity index (χ1) is 6.25. The molecule has 1 aromatic rings. The third-order valence-electron chi connectivity index (χ3n) is 2.53. The lowest BCUT2D eigenvalue weighted by Crippen LogP contribution is -2.19. The fourth-order valence-electron chi connectivity index (χ4n) is 1.71. The van der Waals surface area contributed by atoms with Crippen LogP contribution in [0.15, 0.2) is 24.3 Å². The van der Waals surface area contributed by atoms with Gasteiger partial charge < -0.3 is 4.90 Å². The third-order valence-corrected chi connectivity index (χ3v) is 3.55. The minimum atomic E-state index is 0.832. The molecule has 1 aromatic carbocycles. The molecule has 1 aliphatic heterocycles. The zero-order valence-corrected chi connectivity index (χ0v) is 9.99. The molecule has 0 amide bonds. The van der Waals surface area contributed by atoms with Crippen LogP contribution in [0.5, 0.6) is 0 Å². The lowest BCUT2D eigenvalue weighted by Gasteiger charge is -2.17. The van der Waals surface area contributed by atoms with E-state index in [1.807, 2.05) is 0 Å². The summed E-state index contributed by atoms with van der Waals surface area (Å²) in [6.45, 7) is 4.56. The number of nitrogens with zero attached hydrogens (tertiary/aromatic N) is 1. The minimum absolute atomic E-state index is 0.832. The van der Waals surface area contributed by atoms with E-state index in [0.717, 1.165) is 3.92 Å². The van der Waals surface area contributed by atoms with E-state index in [-0.39, 0.29) is 0 Å². The number of benzene rings is 1. The van der Waals surface area contributed by atoms with Gasteiger partial charge in [0.1, 0.15) is 0 Å². The van der Waals surface area contributed by atoms with Crippen LogP contribution >= 0.6 is 22.6 Å². The molecule has 0 bridgehead atoms. The smallest absolute Gasteiger partial charge is 0.0366 e. The van der Waals surface area contributed by atoms with Crippen molar-refractivity contribution in [3.05, 3.63) is 29.8 Å². The topological polar surface area (TPSA) is 3.24 Å². The van der Waals surface area contributed by atoms with Gasteiger partial charge in [-0.25, -0.2) is 0 Å². The zero-order chi connectivity index (χ0) is 9.26. The van der Waals surface area contributed by atoms with Gasteiger partial charge >= 0.3 is 0 Å². The molecule has 1 nitrogen and oxygen atoms in total. The van der Waals surface area contributed by atoms with Crippen LogP contribution in [0.1, 0.15) is 12.0 Å². The van der Waals surface area contributed by atoms with Gasteiger partial charge in [0.15, 0.2) is 0 Å². The molecule has 1 aliphatic rings. The summed E-state index contributed by atoms with van der Waals surface area (Å²) >= 11 is 2.54. The Morgan fingerprint density at radius 1 is 1.31 bits per heavy atom. The van der Waals surface area contributed by atoms with E-state index in [9.17, 15) is 0 Å². The van der Waals surface area contributed by atoms with Crippen LogP contribution < -0.4 is 4.90 Å². The van der Waals surface area contributed by atoms with Crippen molar-refractivity contribution in [1.82, 2.24) is 0 Å². The molecule has 1 unspecified atom stereocenters. The SMILES string of the molecule is Cc1ccc(N2CCC(I)C2)cc1. The number of rotatable bonds is 1. The number of hydrogen-bond acceptors (Lipinski definition) is 1. The maximum atomic E-state index is 2.54. The molecular formula is C11H14IN. The molecule has 0 aliphatic carbocycles. The van der Waals surface area contributed by atoms with E-state index in [4.69, 9.17) is 0 Å². The first-order valence-corrected chi connectivity index (χ1v) is 5.96. The highest BCUT2D eigenvalue weighted by molar-refractivity contribution is 14.1. The van der Waals surface area contributed by atoms with E-state index < -0.39 is 0 Å². The summed E-state index contributed by atoms with van der Waals surface area (Å²) in [6, 6.07) is 8.83. The van der Waals surface area contributed by atoms with Crippen molar-refractivity contribution < 1.29 is 0 Å². The number of hydrogen-bond donors (Lipinski definition) is 0. The highest BCUT2D eigenvalue weighted by Crippen LogP contribution is 2.24. The Balaban J connectivity index is 2.13. The molecule has 0 radical (unpaired) electrons. The van der Waals surface area contributed by atoms with Crippen LogP contribution in [0.25, 0.3) is 0 Å². The van der Waals surface area contributed by atoms with Crippen molar-refractivity contribution in [3.8, 4) is 0 Å². The molecule has 2 rings (SSSR count). The Hall–Kier alpha value is -0.250. The summed E-state index contributed by atoms with van der Waals surface area (Å²) in [5, 5.41) is 0. The molecule has 0 spiro atoms. The van der Waals surface area contributed by atoms with E-state index in [1.54, 1.807) is 0 Å². The Morgan fingerprint density at radius 2 is 2.00 bits per heavy atom. The van der Waals surface area contributed by atoms with E-state index >= 15 is 0 Å². The summed E-state index contributed by atoms with van der Waals surface area (Å²) < 4.78 is 0.832. The highest BCUT2D eigenvalue weighted by Gasteiger charge is 2.19. The lowest BCUT2D eigenvalue weighted by molar-refractivity contribution is 0.967. The zero-order valence-electron chi connectivity index (χ0n) is 7.83. The van der Waals surface area contributed by atoms with Crippen LogP contribution in [-0.2, 0) is 0 Å². The van der Waals surface area contributed by atoms with Gasteiger partial charge in [-0.2, -0.15) is 0 Å². The molecule has 0 aromatic heterocycles. The lowest BCUT2D eigenvalue weighted by atomic mass is 10.2.